The lowest BCUT2D eigenvalue weighted by atomic mass is 10.0. The molecule has 108 valence electrons. The first-order valence-corrected chi connectivity index (χ1v) is 7.14. The number of hydrogen-bond acceptors (Lipinski definition) is 2. The molecular formula is C17H18N2OS. The van der Waals surface area contributed by atoms with Crippen LogP contribution < -0.4 is 5.73 Å². The fraction of sp³-hybridized carbons (Fsp3) is 0.176. The highest BCUT2D eigenvalue weighted by Gasteiger charge is 2.15. The van der Waals surface area contributed by atoms with Crippen molar-refractivity contribution in [1.29, 1.82) is 0 Å². The summed E-state index contributed by atoms with van der Waals surface area (Å²) in [5.74, 6) is -0.0225. The molecule has 1 amide bonds. The average Bonchev–Trinajstić information content (AvgIpc) is 2.47. The van der Waals surface area contributed by atoms with Crippen molar-refractivity contribution >= 4 is 23.1 Å². The fourth-order valence-electron chi connectivity index (χ4n) is 2.21. The molecule has 2 rings (SSSR count). The van der Waals surface area contributed by atoms with Gasteiger partial charge in [0.05, 0.1) is 4.99 Å². The Morgan fingerprint density at radius 2 is 1.71 bits per heavy atom. The van der Waals surface area contributed by atoms with E-state index in [9.17, 15) is 4.79 Å². The molecule has 0 bridgehead atoms. The monoisotopic (exact) mass is 298 g/mol. The fourth-order valence-corrected chi connectivity index (χ4v) is 2.36. The molecule has 0 saturated heterocycles. The Labute approximate surface area is 130 Å². The van der Waals surface area contributed by atoms with Gasteiger partial charge >= 0.3 is 0 Å². The maximum Gasteiger partial charge on any atom is 0.254 e. The van der Waals surface area contributed by atoms with Crippen molar-refractivity contribution in [2.75, 3.05) is 7.05 Å². The topological polar surface area (TPSA) is 46.3 Å². The third kappa shape index (κ3) is 4.13. The van der Waals surface area contributed by atoms with Gasteiger partial charge < -0.3 is 10.6 Å². The number of benzene rings is 2. The highest BCUT2D eigenvalue weighted by Crippen LogP contribution is 2.14. The maximum atomic E-state index is 12.6. The largest absolute Gasteiger partial charge is 0.393 e. The van der Waals surface area contributed by atoms with Crippen LogP contribution in [0.4, 0.5) is 0 Å². The second kappa shape index (κ2) is 6.99. The van der Waals surface area contributed by atoms with Crippen LogP contribution >= 0.6 is 12.2 Å². The van der Waals surface area contributed by atoms with Crippen LogP contribution in [-0.4, -0.2) is 22.8 Å². The SMILES string of the molecule is CN(Cc1ccccc1)C(=O)c1ccccc1CC(N)=S. The first-order valence-electron chi connectivity index (χ1n) is 6.73. The summed E-state index contributed by atoms with van der Waals surface area (Å²) in [5, 5.41) is 0. The van der Waals surface area contributed by atoms with Gasteiger partial charge in [-0.2, -0.15) is 0 Å². The number of rotatable bonds is 5. The Hall–Kier alpha value is -2.20. The van der Waals surface area contributed by atoms with Gasteiger partial charge in [-0.3, -0.25) is 4.79 Å². The summed E-state index contributed by atoms with van der Waals surface area (Å²) in [6.45, 7) is 0.571. The standard InChI is InChI=1S/C17H18N2OS/c1-19(12-13-7-3-2-4-8-13)17(20)15-10-6-5-9-14(15)11-16(18)21/h2-10H,11-12H2,1H3,(H2,18,21). The molecule has 0 spiro atoms. The van der Waals surface area contributed by atoms with Gasteiger partial charge in [0.25, 0.3) is 5.91 Å². The van der Waals surface area contributed by atoms with Crippen molar-refractivity contribution in [3.05, 3.63) is 71.3 Å². The first-order chi connectivity index (χ1) is 10.1. The van der Waals surface area contributed by atoms with Gasteiger partial charge in [0, 0.05) is 25.6 Å². The predicted octanol–water partition coefficient (Wildman–Crippen LogP) is 2.79. The van der Waals surface area contributed by atoms with E-state index in [4.69, 9.17) is 18.0 Å². The number of hydrogen-bond donors (Lipinski definition) is 1. The number of amides is 1. The van der Waals surface area contributed by atoms with Crippen molar-refractivity contribution in [3.63, 3.8) is 0 Å². The van der Waals surface area contributed by atoms with Crippen LogP contribution in [0.2, 0.25) is 0 Å². The molecule has 0 heterocycles. The second-order valence-corrected chi connectivity index (χ2v) is 5.47. The molecule has 0 saturated carbocycles. The van der Waals surface area contributed by atoms with E-state index in [2.05, 4.69) is 0 Å². The predicted molar refractivity (Wildman–Crippen MR) is 89.2 cm³/mol. The number of nitrogens with two attached hydrogens (primary N) is 1. The number of thiocarbonyl (C=S) groups is 1. The molecule has 0 aliphatic rings. The summed E-state index contributed by atoms with van der Waals surface area (Å²) in [5.41, 5.74) is 8.22. The maximum absolute atomic E-state index is 12.6. The van der Waals surface area contributed by atoms with Crippen molar-refractivity contribution in [2.45, 2.75) is 13.0 Å². The van der Waals surface area contributed by atoms with Gasteiger partial charge in [0.2, 0.25) is 0 Å². The lowest BCUT2D eigenvalue weighted by Gasteiger charge is -2.19. The Kier molecular flexibility index (Phi) is 5.06. The van der Waals surface area contributed by atoms with Crippen LogP contribution in [0.5, 0.6) is 0 Å². The third-order valence-corrected chi connectivity index (χ3v) is 3.37. The van der Waals surface area contributed by atoms with E-state index in [1.807, 2.05) is 54.6 Å². The quantitative estimate of drug-likeness (QED) is 0.863. The summed E-state index contributed by atoms with van der Waals surface area (Å²) in [6.07, 6.45) is 0.441. The van der Waals surface area contributed by atoms with E-state index in [-0.39, 0.29) is 5.91 Å². The third-order valence-electron chi connectivity index (χ3n) is 3.22. The second-order valence-electron chi connectivity index (χ2n) is 4.95. The van der Waals surface area contributed by atoms with E-state index in [1.54, 1.807) is 11.9 Å². The highest BCUT2D eigenvalue weighted by molar-refractivity contribution is 7.80. The summed E-state index contributed by atoms with van der Waals surface area (Å²) in [7, 11) is 1.80. The number of carbonyl (C=O) groups excluding carboxylic acids is 1. The lowest BCUT2D eigenvalue weighted by Crippen LogP contribution is -2.27. The zero-order valence-corrected chi connectivity index (χ0v) is 12.8. The molecule has 0 aliphatic heterocycles. The Morgan fingerprint density at radius 1 is 1.10 bits per heavy atom. The lowest BCUT2D eigenvalue weighted by molar-refractivity contribution is 0.0784. The molecule has 2 N–H and O–H groups in total. The molecule has 0 aliphatic carbocycles. The Morgan fingerprint density at radius 3 is 2.38 bits per heavy atom. The van der Waals surface area contributed by atoms with Crippen LogP contribution in [0, 0.1) is 0 Å². The average molecular weight is 298 g/mol. The van der Waals surface area contributed by atoms with E-state index < -0.39 is 0 Å². The van der Waals surface area contributed by atoms with Crippen molar-refractivity contribution in [2.24, 2.45) is 5.73 Å². The summed E-state index contributed by atoms with van der Waals surface area (Å²) >= 11 is 4.95. The van der Waals surface area contributed by atoms with Crippen molar-refractivity contribution < 1.29 is 4.79 Å². The summed E-state index contributed by atoms with van der Waals surface area (Å²) in [4.78, 5) is 14.7. The van der Waals surface area contributed by atoms with Gasteiger partial charge in [0.15, 0.2) is 0 Å². The van der Waals surface area contributed by atoms with Gasteiger partial charge in [-0.05, 0) is 17.2 Å². The van der Waals surface area contributed by atoms with Crippen LogP contribution in [0.15, 0.2) is 54.6 Å². The van der Waals surface area contributed by atoms with Crippen molar-refractivity contribution in [1.82, 2.24) is 4.90 Å². The first kappa shape index (κ1) is 15.2. The van der Waals surface area contributed by atoms with Gasteiger partial charge in [-0.25, -0.2) is 0 Å². The smallest absolute Gasteiger partial charge is 0.254 e. The van der Waals surface area contributed by atoms with Crippen molar-refractivity contribution in [3.8, 4) is 0 Å². The van der Waals surface area contributed by atoms with Gasteiger partial charge in [-0.1, -0.05) is 60.7 Å². The minimum Gasteiger partial charge on any atom is -0.393 e. The van der Waals surface area contributed by atoms with Crippen LogP contribution in [0.25, 0.3) is 0 Å². The normalized spacial score (nSPS) is 10.1. The highest BCUT2D eigenvalue weighted by atomic mass is 32.1. The summed E-state index contributed by atoms with van der Waals surface area (Å²) in [6, 6.07) is 17.4. The molecule has 4 heteroatoms. The molecule has 0 fully saturated rings. The number of carbonyl (C=O) groups is 1. The van der Waals surface area contributed by atoms with E-state index in [0.717, 1.165) is 11.1 Å². The van der Waals surface area contributed by atoms with E-state index in [1.165, 1.54) is 0 Å². The molecule has 21 heavy (non-hydrogen) atoms. The number of nitrogens with zero attached hydrogens (tertiary/aromatic N) is 1. The molecule has 0 atom stereocenters. The van der Waals surface area contributed by atoms with E-state index >= 15 is 0 Å². The molecular weight excluding hydrogens is 280 g/mol. The van der Waals surface area contributed by atoms with Gasteiger partial charge in [-0.15, -0.1) is 0 Å². The zero-order valence-electron chi connectivity index (χ0n) is 12.0. The Balaban J connectivity index is 2.17. The van der Waals surface area contributed by atoms with E-state index in [0.29, 0.717) is 23.5 Å². The molecule has 3 nitrogen and oxygen atoms in total. The zero-order chi connectivity index (χ0) is 15.2. The molecule has 2 aromatic rings. The molecule has 0 radical (unpaired) electrons. The van der Waals surface area contributed by atoms with Crippen LogP contribution in [0.1, 0.15) is 21.5 Å². The minimum atomic E-state index is -0.0225. The van der Waals surface area contributed by atoms with Gasteiger partial charge in [0.1, 0.15) is 0 Å². The molecule has 0 aromatic heterocycles. The molecule has 0 unspecified atom stereocenters. The van der Waals surface area contributed by atoms with Crippen LogP contribution in [-0.2, 0) is 13.0 Å². The Bertz CT molecular complexity index is 640. The molecule has 2 aromatic carbocycles. The minimum absolute atomic E-state index is 0.0225. The summed E-state index contributed by atoms with van der Waals surface area (Å²) < 4.78 is 0. The van der Waals surface area contributed by atoms with Crippen LogP contribution in [0.3, 0.4) is 0 Å².